The molecule has 80 valence electrons. The molecule has 0 fully saturated rings. The van der Waals surface area contributed by atoms with E-state index in [0.29, 0.717) is 5.56 Å². The van der Waals surface area contributed by atoms with Gasteiger partial charge in [-0.25, -0.2) is 0 Å². The average molecular weight is 204 g/mol. The molecule has 0 saturated carbocycles. The van der Waals surface area contributed by atoms with E-state index >= 15 is 0 Å². The second kappa shape index (κ2) is 5.44. The van der Waals surface area contributed by atoms with Gasteiger partial charge in [0.2, 0.25) is 11.6 Å². The van der Waals surface area contributed by atoms with Crippen LogP contribution in [0.1, 0.15) is 37.0 Å². The molecule has 0 bridgehead atoms. The van der Waals surface area contributed by atoms with E-state index in [-0.39, 0.29) is 17.5 Å². The third-order valence-corrected chi connectivity index (χ3v) is 2.43. The molecule has 0 spiro atoms. The Balaban J connectivity index is 2.73. The molecular weight excluding hydrogens is 188 g/mol. The van der Waals surface area contributed by atoms with Crippen LogP contribution < -0.4 is 0 Å². The lowest BCUT2D eigenvalue weighted by atomic mass is 9.95. The third kappa shape index (κ3) is 3.01. The van der Waals surface area contributed by atoms with Crippen molar-refractivity contribution in [2.75, 3.05) is 0 Å². The summed E-state index contributed by atoms with van der Waals surface area (Å²) >= 11 is 0. The molecule has 0 aliphatic rings. The largest absolute Gasteiger partial charge is 0.290 e. The highest BCUT2D eigenvalue weighted by Crippen LogP contribution is 2.10. The molecule has 2 nitrogen and oxygen atoms in total. The number of carbonyl (C=O) groups is 2. The minimum absolute atomic E-state index is 0.164. The topological polar surface area (TPSA) is 34.1 Å². The van der Waals surface area contributed by atoms with Crippen LogP contribution in [0.25, 0.3) is 0 Å². The summed E-state index contributed by atoms with van der Waals surface area (Å²) in [5.41, 5.74) is 0.491. The van der Waals surface area contributed by atoms with Gasteiger partial charge in [-0.2, -0.15) is 0 Å². The van der Waals surface area contributed by atoms with Crippen molar-refractivity contribution in [1.29, 1.82) is 0 Å². The zero-order chi connectivity index (χ0) is 11.3. The molecule has 1 atom stereocenters. The van der Waals surface area contributed by atoms with E-state index in [1.165, 1.54) is 0 Å². The zero-order valence-corrected chi connectivity index (χ0v) is 9.19. The van der Waals surface area contributed by atoms with E-state index < -0.39 is 0 Å². The fourth-order valence-electron chi connectivity index (χ4n) is 1.52. The molecule has 2 heteroatoms. The van der Waals surface area contributed by atoms with Crippen LogP contribution in [0.4, 0.5) is 0 Å². The molecule has 1 unspecified atom stereocenters. The molecule has 0 radical (unpaired) electrons. The second-order valence-corrected chi connectivity index (χ2v) is 3.75. The van der Waals surface area contributed by atoms with Gasteiger partial charge in [0.25, 0.3) is 0 Å². The van der Waals surface area contributed by atoms with E-state index in [1.807, 2.05) is 19.9 Å². The Bertz CT molecular complexity index is 341. The second-order valence-electron chi connectivity index (χ2n) is 3.75. The average Bonchev–Trinajstić information content (AvgIpc) is 2.28. The van der Waals surface area contributed by atoms with Crippen LogP contribution >= 0.6 is 0 Å². The Kier molecular flexibility index (Phi) is 4.22. The Labute approximate surface area is 90.3 Å². The van der Waals surface area contributed by atoms with Crippen LogP contribution in [0.3, 0.4) is 0 Å². The van der Waals surface area contributed by atoms with Crippen molar-refractivity contribution in [3.05, 3.63) is 35.9 Å². The Hall–Kier alpha value is -1.44. The minimum atomic E-state index is -0.364. The van der Waals surface area contributed by atoms with Crippen LogP contribution in [0.2, 0.25) is 0 Å². The van der Waals surface area contributed by atoms with Crippen molar-refractivity contribution in [1.82, 2.24) is 0 Å². The number of rotatable bonds is 5. The lowest BCUT2D eigenvalue weighted by molar-refractivity contribution is -0.118. The number of hydrogen-bond donors (Lipinski definition) is 0. The molecule has 0 heterocycles. The van der Waals surface area contributed by atoms with E-state index in [0.717, 1.165) is 12.8 Å². The monoisotopic (exact) mass is 204 g/mol. The number of benzene rings is 1. The molecule has 0 aromatic heterocycles. The van der Waals surface area contributed by atoms with Gasteiger partial charge < -0.3 is 0 Å². The van der Waals surface area contributed by atoms with E-state index in [1.54, 1.807) is 24.3 Å². The van der Waals surface area contributed by atoms with Crippen molar-refractivity contribution in [3.8, 4) is 0 Å². The van der Waals surface area contributed by atoms with Crippen molar-refractivity contribution < 1.29 is 9.59 Å². The molecule has 1 aromatic rings. The van der Waals surface area contributed by atoms with Gasteiger partial charge in [0.05, 0.1) is 0 Å². The minimum Gasteiger partial charge on any atom is -0.290 e. The van der Waals surface area contributed by atoms with E-state index in [4.69, 9.17) is 0 Å². The summed E-state index contributed by atoms with van der Waals surface area (Å²) in [7, 11) is 0. The summed E-state index contributed by atoms with van der Waals surface area (Å²) in [6.45, 7) is 3.82. The lowest BCUT2D eigenvalue weighted by Gasteiger charge is -2.07. The Morgan fingerprint density at radius 2 is 1.80 bits per heavy atom. The standard InChI is InChI=1S/C13H16O2/c1-3-7-10(2)12(14)13(15)11-8-5-4-6-9-11/h4-6,8-10H,3,7H2,1-2H3. The first-order valence-electron chi connectivity index (χ1n) is 5.30. The summed E-state index contributed by atoms with van der Waals surface area (Å²) < 4.78 is 0. The molecule has 1 aromatic carbocycles. The van der Waals surface area contributed by atoms with Crippen molar-refractivity contribution in [3.63, 3.8) is 0 Å². The van der Waals surface area contributed by atoms with Crippen LogP contribution in [0.15, 0.2) is 30.3 Å². The summed E-state index contributed by atoms with van der Waals surface area (Å²) in [5, 5.41) is 0. The van der Waals surface area contributed by atoms with Gasteiger partial charge >= 0.3 is 0 Å². The Morgan fingerprint density at radius 3 is 2.33 bits per heavy atom. The van der Waals surface area contributed by atoms with Gasteiger partial charge in [0.15, 0.2) is 0 Å². The maximum atomic E-state index is 11.7. The molecule has 0 saturated heterocycles. The van der Waals surface area contributed by atoms with Gasteiger partial charge in [0.1, 0.15) is 0 Å². The number of Topliss-reactive ketones (excluding diaryl/α,β-unsaturated/α-hetero) is 2. The quantitative estimate of drug-likeness (QED) is 0.546. The van der Waals surface area contributed by atoms with E-state index in [9.17, 15) is 9.59 Å². The first-order valence-corrected chi connectivity index (χ1v) is 5.30. The molecule has 0 N–H and O–H groups in total. The first-order chi connectivity index (χ1) is 7.16. The summed E-state index contributed by atoms with van der Waals surface area (Å²) in [4.78, 5) is 23.4. The van der Waals surface area contributed by atoms with Gasteiger partial charge in [-0.1, -0.05) is 50.6 Å². The molecule has 0 aliphatic heterocycles. The van der Waals surface area contributed by atoms with Gasteiger partial charge in [0, 0.05) is 11.5 Å². The smallest absolute Gasteiger partial charge is 0.228 e. The molecule has 15 heavy (non-hydrogen) atoms. The van der Waals surface area contributed by atoms with Crippen molar-refractivity contribution in [2.24, 2.45) is 5.92 Å². The number of ketones is 2. The maximum absolute atomic E-state index is 11.7. The van der Waals surface area contributed by atoms with Crippen LogP contribution in [-0.4, -0.2) is 11.6 Å². The highest BCUT2D eigenvalue weighted by molar-refractivity contribution is 6.44. The highest BCUT2D eigenvalue weighted by atomic mass is 16.2. The van der Waals surface area contributed by atoms with Gasteiger partial charge in [-0.15, -0.1) is 0 Å². The van der Waals surface area contributed by atoms with Crippen LogP contribution in [-0.2, 0) is 4.79 Å². The van der Waals surface area contributed by atoms with E-state index in [2.05, 4.69) is 0 Å². The van der Waals surface area contributed by atoms with Crippen LogP contribution in [0.5, 0.6) is 0 Å². The Morgan fingerprint density at radius 1 is 1.20 bits per heavy atom. The summed E-state index contributed by atoms with van der Waals surface area (Å²) in [6.07, 6.45) is 1.70. The fraction of sp³-hybridized carbons (Fsp3) is 0.385. The third-order valence-electron chi connectivity index (χ3n) is 2.43. The lowest BCUT2D eigenvalue weighted by Crippen LogP contribution is -2.21. The normalized spacial score (nSPS) is 12.1. The van der Waals surface area contributed by atoms with Crippen molar-refractivity contribution >= 4 is 11.6 Å². The SMILES string of the molecule is CCCC(C)C(=O)C(=O)c1ccccc1. The number of hydrogen-bond acceptors (Lipinski definition) is 2. The first kappa shape index (κ1) is 11.6. The molecular formula is C13H16O2. The summed E-state index contributed by atoms with van der Waals surface area (Å²) in [5.74, 6) is -0.803. The number of carbonyl (C=O) groups excluding carboxylic acids is 2. The molecule has 1 rings (SSSR count). The zero-order valence-electron chi connectivity index (χ0n) is 9.19. The van der Waals surface area contributed by atoms with Crippen LogP contribution in [0, 0.1) is 5.92 Å². The van der Waals surface area contributed by atoms with Gasteiger partial charge in [-0.05, 0) is 6.42 Å². The predicted octanol–water partition coefficient (Wildman–Crippen LogP) is 2.87. The predicted molar refractivity (Wildman–Crippen MR) is 59.9 cm³/mol. The highest BCUT2D eigenvalue weighted by Gasteiger charge is 2.21. The molecule has 0 amide bonds. The molecule has 0 aliphatic carbocycles. The van der Waals surface area contributed by atoms with Gasteiger partial charge in [-0.3, -0.25) is 9.59 Å². The maximum Gasteiger partial charge on any atom is 0.228 e. The van der Waals surface area contributed by atoms with Crippen molar-refractivity contribution in [2.45, 2.75) is 26.7 Å². The fourth-order valence-corrected chi connectivity index (χ4v) is 1.52. The summed E-state index contributed by atoms with van der Waals surface area (Å²) in [6, 6.07) is 8.73.